The van der Waals surface area contributed by atoms with E-state index in [0.717, 1.165) is 5.56 Å². The normalized spacial score (nSPS) is 15.4. The summed E-state index contributed by atoms with van der Waals surface area (Å²) in [4.78, 5) is 31.7. The standard InChI is InChI=1S/C29H24N4O4S/c1-3-22-25(28(36)37-2)26(18-10-6-4-7-11-18)33-27(35)24(38-29(33)30-22)17-19-16-21(14-15-23(19)34)32-31-20-12-8-5-9-13-20/h4-17,26,34H,3H2,1-2H3/b24-17-,32-31?/t26-/m1/s1. The second-order valence-electron chi connectivity index (χ2n) is 8.48. The molecule has 4 aromatic rings. The number of phenols is 1. The Morgan fingerprint density at radius 1 is 1.05 bits per heavy atom. The molecule has 38 heavy (non-hydrogen) atoms. The first-order valence-corrected chi connectivity index (χ1v) is 12.8. The number of rotatable bonds is 6. The first-order chi connectivity index (χ1) is 18.5. The highest BCUT2D eigenvalue weighted by Crippen LogP contribution is 2.32. The van der Waals surface area contributed by atoms with Gasteiger partial charge in [-0.05, 0) is 48.4 Å². The average Bonchev–Trinajstić information content (AvgIpc) is 3.27. The minimum Gasteiger partial charge on any atom is -0.507 e. The van der Waals surface area contributed by atoms with Crippen molar-refractivity contribution >= 4 is 34.8 Å². The lowest BCUT2D eigenvalue weighted by Gasteiger charge is -2.25. The minimum atomic E-state index is -0.684. The van der Waals surface area contributed by atoms with Crippen LogP contribution in [0.4, 0.5) is 11.4 Å². The summed E-state index contributed by atoms with van der Waals surface area (Å²) >= 11 is 1.20. The number of thiazole rings is 1. The number of azo groups is 1. The Bertz CT molecular complexity index is 1740. The molecule has 1 aliphatic heterocycles. The fourth-order valence-corrected chi connectivity index (χ4v) is 5.30. The van der Waals surface area contributed by atoms with Crippen LogP contribution in [0.25, 0.3) is 6.08 Å². The number of esters is 1. The molecule has 190 valence electrons. The Morgan fingerprint density at radius 2 is 1.74 bits per heavy atom. The van der Waals surface area contributed by atoms with Gasteiger partial charge in [-0.1, -0.05) is 66.8 Å². The van der Waals surface area contributed by atoms with Gasteiger partial charge in [-0.3, -0.25) is 9.36 Å². The number of fused-ring (bicyclic) bond motifs is 1. The minimum absolute atomic E-state index is 0.00129. The van der Waals surface area contributed by atoms with Crippen LogP contribution in [0.5, 0.6) is 5.75 Å². The molecule has 9 heteroatoms. The molecule has 1 atom stereocenters. The third-order valence-corrected chi connectivity index (χ3v) is 7.08. The number of carbonyl (C=O) groups excluding carboxylic acids is 1. The zero-order chi connectivity index (χ0) is 26.6. The molecule has 5 rings (SSSR count). The van der Waals surface area contributed by atoms with Crippen LogP contribution in [0.1, 0.15) is 30.5 Å². The van der Waals surface area contributed by atoms with Crippen LogP contribution in [0.2, 0.25) is 0 Å². The number of aromatic nitrogens is 1. The summed E-state index contributed by atoms with van der Waals surface area (Å²) in [5, 5.41) is 19.0. The number of phenolic OH excluding ortho intramolecular Hbond substituents is 1. The number of allylic oxidation sites excluding steroid dienone is 1. The Kier molecular flexibility index (Phi) is 7.10. The van der Waals surface area contributed by atoms with Crippen LogP contribution < -0.4 is 14.9 Å². The van der Waals surface area contributed by atoms with Gasteiger partial charge in [0.25, 0.3) is 5.56 Å². The lowest BCUT2D eigenvalue weighted by molar-refractivity contribution is -0.136. The van der Waals surface area contributed by atoms with E-state index >= 15 is 0 Å². The van der Waals surface area contributed by atoms with E-state index in [-0.39, 0.29) is 11.3 Å². The maximum absolute atomic E-state index is 13.7. The Labute approximate surface area is 222 Å². The maximum Gasteiger partial charge on any atom is 0.338 e. The second-order valence-corrected chi connectivity index (χ2v) is 9.49. The van der Waals surface area contributed by atoms with E-state index in [0.29, 0.717) is 44.0 Å². The van der Waals surface area contributed by atoms with Crippen molar-refractivity contribution < 1.29 is 14.6 Å². The summed E-state index contributed by atoms with van der Waals surface area (Å²) in [7, 11) is 1.32. The third kappa shape index (κ3) is 4.83. The van der Waals surface area contributed by atoms with Crippen LogP contribution >= 0.6 is 11.3 Å². The molecular weight excluding hydrogens is 500 g/mol. The van der Waals surface area contributed by atoms with Crippen molar-refractivity contribution in [3.8, 4) is 5.75 Å². The molecule has 0 saturated heterocycles. The van der Waals surface area contributed by atoms with Crippen molar-refractivity contribution in [1.82, 2.24) is 4.57 Å². The molecule has 0 saturated carbocycles. The van der Waals surface area contributed by atoms with Crippen LogP contribution in [-0.4, -0.2) is 22.8 Å². The van der Waals surface area contributed by atoms with Crippen molar-refractivity contribution in [3.05, 3.63) is 121 Å². The largest absolute Gasteiger partial charge is 0.507 e. The summed E-state index contributed by atoms with van der Waals surface area (Å²) < 4.78 is 6.97. The van der Waals surface area contributed by atoms with Gasteiger partial charge in [-0.15, -0.1) is 0 Å². The highest BCUT2D eigenvalue weighted by Gasteiger charge is 2.33. The fraction of sp³-hybridized carbons (Fsp3) is 0.138. The predicted molar refractivity (Wildman–Crippen MR) is 146 cm³/mol. The first-order valence-electron chi connectivity index (χ1n) is 12.0. The zero-order valence-electron chi connectivity index (χ0n) is 20.7. The van der Waals surface area contributed by atoms with Crippen LogP contribution in [-0.2, 0) is 9.53 Å². The SMILES string of the molecule is CCC1=C(C(=O)OC)[C@@H](c2ccccc2)n2c(s/c(=C\c3cc(N=Nc4ccccc4)ccc3O)c2=O)=N1. The molecule has 0 amide bonds. The monoisotopic (exact) mass is 524 g/mol. The summed E-state index contributed by atoms with van der Waals surface area (Å²) in [5.74, 6) is -0.526. The van der Waals surface area contributed by atoms with Crippen molar-refractivity contribution in [1.29, 1.82) is 0 Å². The van der Waals surface area contributed by atoms with Gasteiger partial charge in [0.2, 0.25) is 0 Å². The number of hydrogen-bond donors (Lipinski definition) is 1. The molecule has 0 aliphatic carbocycles. The van der Waals surface area contributed by atoms with Gasteiger partial charge in [-0.25, -0.2) is 9.79 Å². The molecular formula is C29H24N4O4S. The third-order valence-electron chi connectivity index (χ3n) is 6.10. The predicted octanol–water partition coefficient (Wildman–Crippen LogP) is 4.92. The van der Waals surface area contributed by atoms with Gasteiger partial charge in [0.1, 0.15) is 5.75 Å². The molecule has 0 bridgehead atoms. The molecule has 3 aromatic carbocycles. The number of benzene rings is 3. The molecule has 0 unspecified atom stereocenters. The van der Waals surface area contributed by atoms with E-state index in [2.05, 4.69) is 15.2 Å². The number of nitrogens with zero attached hydrogens (tertiary/aromatic N) is 4. The molecule has 0 spiro atoms. The lowest BCUT2D eigenvalue weighted by atomic mass is 9.95. The molecule has 1 aromatic heterocycles. The smallest absolute Gasteiger partial charge is 0.338 e. The Balaban J connectivity index is 1.64. The second kappa shape index (κ2) is 10.8. The number of hydrogen-bond acceptors (Lipinski definition) is 8. The van der Waals surface area contributed by atoms with E-state index < -0.39 is 12.0 Å². The highest BCUT2D eigenvalue weighted by atomic mass is 32.1. The van der Waals surface area contributed by atoms with Gasteiger partial charge in [0, 0.05) is 5.56 Å². The van der Waals surface area contributed by atoms with E-state index in [9.17, 15) is 14.7 Å². The Hall–Kier alpha value is -4.63. The van der Waals surface area contributed by atoms with Gasteiger partial charge in [0.15, 0.2) is 4.80 Å². The topological polar surface area (TPSA) is 106 Å². The summed E-state index contributed by atoms with van der Waals surface area (Å²) in [5.41, 5.74) is 3.00. The van der Waals surface area contributed by atoms with Crippen LogP contribution in [0.15, 0.2) is 110 Å². The molecule has 2 heterocycles. The summed E-state index contributed by atoms with van der Waals surface area (Å²) in [6.07, 6.45) is 2.10. The van der Waals surface area contributed by atoms with Crippen LogP contribution in [0.3, 0.4) is 0 Å². The fourth-order valence-electron chi connectivity index (χ4n) is 4.29. The number of ether oxygens (including phenoxy) is 1. The average molecular weight is 525 g/mol. The number of methoxy groups -OCH3 is 1. The summed E-state index contributed by atoms with van der Waals surface area (Å²) in [6, 6.07) is 22.8. The van der Waals surface area contributed by atoms with E-state index in [1.54, 1.807) is 18.2 Å². The molecule has 0 fully saturated rings. The van der Waals surface area contributed by atoms with Crippen LogP contribution in [0, 0.1) is 0 Å². The molecule has 1 aliphatic rings. The van der Waals surface area contributed by atoms with Gasteiger partial charge in [0.05, 0.1) is 40.3 Å². The lowest BCUT2D eigenvalue weighted by Crippen LogP contribution is -2.40. The Morgan fingerprint density at radius 3 is 2.42 bits per heavy atom. The molecule has 8 nitrogen and oxygen atoms in total. The van der Waals surface area contributed by atoms with E-state index in [1.165, 1.54) is 29.1 Å². The highest BCUT2D eigenvalue weighted by molar-refractivity contribution is 7.07. The van der Waals surface area contributed by atoms with Gasteiger partial charge < -0.3 is 9.84 Å². The van der Waals surface area contributed by atoms with Crippen molar-refractivity contribution in [3.63, 3.8) is 0 Å². The maximum atomic E-state index is 13.7. The number of aromatic hydroxyl groups is 1. The first kappa shape index (κ1) is 25.0. The number of carbonyl (C=O) groups is 1. The van der Waals surface area contributed by atoms with Gasteiger partial charge in [-0.2, -0.15) is 10.2 Å². The van der Waals surface area contributed by atoms with Crippen molar-refractivity contribution in [2.45, 2.75) is 19.4 Å². The van der Waals surface area contributed by atoms with E-state index in [4.69, 9.17) is 4.74 Å². The quantitative estimate of drug-likeness (QED) is 0.285. The molecule has 1 N–H and O–H groups in total. The van der Waals surface area contributed by atoms with Crippen molar-refractivity contribution in [2.24, 2.45) is 15.2 Å². The summed E-state index contributed by atoms with van der Waals surface area (Å²) in [6.45, 7) is 1.91. The van der Waals surface area contributed by atoms with E-state index in [1.807, 2.05) is 67.6 Å². The zero-order valence-corrected chi connectivity index (χ0v) is 21.6. The molecule has 0 radical (unpaired) electrons. The van der Waals surface area contributed by atoms with Gasteiger partial charge >= 0.3 is 5.97 Å². The van der Waals surface area contributed by atoms with Crippen molar-refractivity contribution in [2.75, 3.05) is 7.11 Å².